The van der Waals surface area contributed by atoms with Gasteiger partial charge in [0.1, 0.15) is 6.10 Å². The number of aromatic nitrogens is 3. The van der Waals surface area contributed by atoms with Crippen LogP contribution in [0.5, 0.6) is 0 Å². The van der Waals surface area contributed by atoms with Crippen LogP contribution >= 0.6 is 0 Å². The normalized spacial score (nSPS) is 12.3. The smallest absolute Gasteiger partial charge is 0.123 e. The third-order valence-electron chi connectivity index (χ3n) is 2.97. The quantitative estimate of drug-likeness (QED) is 0.777. The van der Waals surface area contributed by atoms with E-state index in [4.69, 9.17) is 0 Å². The molecule has 1 N–H and O–H groups in total. The topological polar surface area (TPSA) is 50.9 Å². The Morgan fingerprint density at radius 1 is 0.895 bits per heavy atom. The summed E-state index contributed by atoms with van der Waals surface area (Å²) in [6.45, 7) is 0. The Labute approximate surface area is 111 Å². The van der Waals surface area contributed by atoms with Gasteiger partial charge in [0.15, 0.2) is 0 Å². The lowest BCUT2D eigenvalue weighted by Gasteiger charge is -2.12. The Kier molecular flexibility index (Phi) is 3.08. The highest BCUT2D eigenvalue weighted by molar-refractivity contribution is 5.34. The molecule has 0 spiro atoms. The summed E-state index contributed by atoms with van der Waals surface area (Å²) in [5.41, 5.74) is 2.35. The van der Waals surface area contributed by atoms with Crippen molar-refractivity contribution in [3.05, 3.63) is 78.1 Å². The van der Waals surface area contributed by atoms with E-state index in [1.165, 1.54) is 0 Å². The van der Waals surface area contributed by atoms with Crippen LogP contribution in [0.25, 0.3) is 5.69 Å². The summed E-state index contributed by atoms with van der Waals surface area (Å²) < 4.78 is 1.65. The van der Waals surface area contributed by atoms with E-state index in [0.717, 1.165) is 11.3 Å². The fourth-order valence-electron chi connectivity index (χ4n) is 2.01. The van der Waals surface area contributed by atoms with Crippen molar-refractivity contribution in [1.29, 1.82) is 0 Å². The molecule has 0 bridgehead atoms. The predicted molar refractivity (Wildman–Crippen MR) is 71.9 cm³/mol. The first kappa shape index (κ1) is 11.6. The third-order valence-corrected chi connectivity index (χ3v) is 2.97. The van der Waals surface area contributed by atoms with Crippen LogP contribution in [0.4, 0.5) is 0 Å². The highest BCUT2D eigenvalue weighted by Crippen LogP contribution is 2.22. The first-order valence-corrected chi connectivity index (χ1v) is 6.05. The van der Waals surface area contributed by atoms with Crippen molar-refractivity contribution in [3.8, 4) is 5.69 Å². The van der Waals surface area contributed by atoms with Gasteiger partial charge in [-0.2, -0.15) is 0 Å². The molecule has 0 amide bonds. The Balaban J connectivity index is 2.01. The minimum Gasteiger partial charge on any atom is -0.382 e. The highest BCUT2D eigenvalue weighted by atomic mass is 16.3. The van der Waals surface area contributed by atoms with E-state index in [1.807, 2.05) is 60.7 Å². The van der Waals surface area contributed by atoms with Crippen molar-refractivity contribution in [2.45, 2.75) is 6.10 Å². The predicted octanol–water partition coefficient (Wildman–Crippen LogP) is 2.35. The van der Waals surface area contributed by atoms with Crippen LogP contribution in [-0.4, -0.2) is 20.1 Å². The first-order chi connectivity index (χ1) is 9.36. The molecule has 0 aliphatic rings. The second kappa shape index (κ2) is 5.04. The number of aliphatic hydroxyl groups excluding tert-OH is 1. The van der Waals surface area contributed by atoms with Crippen LogP contribution in [0, 0.1) is 0 Å². The van der Waals surface area contributed by atoms with Gasteiger partial charge in [0, 0.05) is 0 Å². The van der Waals surface area contributed by atoms with Gasteiger partial charge >= 0.3 is 0 Å². The zero-order chi connectivity index (χ0) is 13.1. The molecule has 3 rings (SSSR count). The van der Waals surface area contributed by atoms with E-state index in [2.05, 4.69) is 10.3 Å². The van der Waals surface area contributed by atoms with Crippen molar-refractivity contribution in [1.82, 2.24) is 15.0 Å². The van der Waals surface area contributed by atoms with Crippen LogP contribution in [0.2, 0.25) is 0 Å². The fourth-order valence-corrected chi connectivity index (χ4v) is 2.01. The molecule has 0 saturated carbocycles. The monoisotopic (exact) mass is 251 g/mol. The molecule has 1 heterocycles. The number of hydrogen-bond acceptors (Lipinski definition) is 3. The molecule has 1 atom stereocenters. The lowest BCUT2D eigenvalue weighted by molar-refractivity contribution is 0.212. The van der Waals surface area contributed by atoms with Gasteiger partial charge in [0.25, 0.3) is 0 Å². The van der Waals surface area contributed by atoms with Crippen molar-refractivity contribution in [2.24, 2.45) is 0 Å². The molecule has 1 aromatic heterocycles. The molecule has 0 radical (unpaired) electrons. The second-order valence-corrected chi connectivity index (χ2v) is 4.22. The lowest BCUT2D eigenvalue weighted by atomic mass is 10.1. The molecule has 2 aromatic carbocycles. The standard InChI is InChI=1S/C15H13N3O/c19-15(12-7-3-1-4-8-12)14-11-16-17-18(14)13-9-5-2-6-10-13/h1-11,15,19H. The van der Waals surface area contributed by atoms with Gasteiger partial charge in [0.05, 0.1) is 17.6 Å². The minimum absolute atomic E-state index is 0.650. The van der Waals surface area contributed by atoms with Crippen LogP contribution in [0.1, 0.15) is 17.4 Å². The van der Waals surface area contributed by atoms with Crippen molar-refractivity contribution >= 4 is 0 Å². The number of para-hydroxylation sites is 1. The Bertz CT molecular complexity index is 649. The number of benzene rings is 2. The number of aliphatic hydroxyl groups is 1. The molecular weight excluding hydrogens is 238 g/mol. The fraction of sp³-hybridized carbons (Fsp3) is 0.0667. The lowest BCUT2D eigenvalue weighted by Crippen LogP contribution is -2.08. The summed E-state index contributed by atoms with van der Waals surface area (Å²) >= 11 is 0. The highest BCUT2D eigenvalue weighted by Gasteiger charge is 2.16. The summed E-state index contributed by atoms with van der Waals surface area (Å²) in [7, 11) is 0. The van der Waals surface area contributed by atoms with Gasteiger partial charge in [0.2, 0.25) is 0 Å². The van der Waals surface area contributed by atoms with E-state index >= 15 is 0 Å². The molecule has 0 fully saturated rings. The van der Waals surface area contributed by atoms with Crippen molar-refractivity contribution < 1.29 is 5.11 Å². The van der Waals surface area contributed by atoms with Gasteiger partial charge in [-0.15, -0.1) is 5.10 Å². The van der Waals surface area contributed by atoms with E-state index in [0.29, 0.717) is 5.69 Å². The largest absolute Gasteiger partial charge is 0.382 e. The van der Waals surface area contributed by atoms with Crippen molar-refractivity contribution in [3.63, 3.8) is 0 Å². The number of hydrogen-bond donors (Lipinski definition) is 1. The molecule has 19 heavy (non-hydrogen) atoms. The Morgan fingerprint density at radius 3 is 2.21 bits per heavy atom. The average molecular weight is 251 g/mol. The maximum absolute atomic E-state index is 10.4. The Hall–Kier alpha value is -2.46. The summed E-state index contributed by atoms with van der Waals surface area (Å²) in [6, 6.07) is 19.1. The van der Waals surface area contributed by atoms with Gasteiger partial charge in [-0.1, -0.05) is 53.7 Å². The zero-order valence-corrected chi connectivity index (χ0v) is 10.2. The van der Waals surface area contributed by atoms with E-state index < -0.39 is 6.10 Å². The molecule has 4 nitrogen and oxygen atoms in total. The SMILES string of the molecule is OC(c1ccccc1)c1cnnn1-c1ccccc1. The van der Waals surface area contributed by atoms with Crippen LogP contribution in [-0.2, 0) is 0 Å². The maximum Gasteiger partial charge on any atom is 0.123 e. The van der Waals surface area contributed by atoms with E-state index in [9.17, 15) is 5.11 Å². The van der Waals surface area contributed by atoms with Crippen LogP contribution < -0.4 is 0 Å². The third kappa shape index (κ3) is 2.26. The second-order valence-electron chi connectivity index (χ2n) is 4.22. The van der Waals surface area contributed by atoms with E-state index in [-0.39, 0.29) is 0 Å². The summed E-state index contributed by atoms with van der Waals surface area (Å²) in [4.78, 5) is 0. The molecule has 0 saturated heterocycles. The average Bonchev–Trinajstić information content (AvgIpc) is 2.98. The Morgan fingerprint density at radius 2 is 1.53 bits per heavy atom. The summed E-state index contributed by atoms with van der Waals surface area (Å²) in [5, 5.41) is 18.4. The summed E-state index contributed by atoms with van der Waals surface area (Å²) in [6.07, 6.45) is 0.849. The zero-order valence-electron chi connectivity index (χ0n) is 10.2. The van der Waals surface area contributed by atoms with Crippen molar-refractivity contribution in [2.75, 3.05) is 0 Å². The molecular formula is C15H13N3O. The van der Waals surface area contributed by atoms with Crippen LogP contribution in [0.15, 0.2) is 66.9 Å². The summed E-state index contributed by atoms with van der Waals surface area (Å²) in [5.74, 6) is 0. The van der Waals surface area contributed by atoms with Gasteiger partial charge in [-0.25, -0.2) is 4.68 Å². The maximum atomic E-state index is 10.4. The molecule has 1 unspecified atom stereocenters. The van der Waals surface area contributed by atoms with Crippen LogP contribution in [0.3, 0.4) is 0 Å². The number of nitrogens with zero attached hydrogens (tertiary/aromatic N) is 3. The first-order valence-electron chi connectivity index (χ1n) is 6.05. The van der Waals surface area contributed by atoms with Gasteiger partial charge in [-0.05, 0) is 17.7 Å². The molecule has 0 aliphatic heterocycles. The molecule has 4 heteroatoms. The molecule has 3 aromatic rings. The van der Waals surface area contributed by atoms with Gasteiger partial charge < -0.3 is 5.11 Å². The van der Waals surface area contributed by atoms with E-state index in [1.54, 1.807) is 10.9 Å². The van der Waals surface area contributed by atoms with Gasteiger partial charge in [-0.3, -0.25) is 0 Å². The minimum atomic E-state index is -0.739. The number of rotatable bonds is 3. The molecule has 0 aliphatic carbocycles. The molecule has 94 valence electrons.